The molecular formula is C19H22N6O. The van der Waals surface area contributed by atoms with E-state index in [0.29, 0.717) is 25.6 Å². The van der Waals surface area contributed by atoms with Crippen molar-refractivity contribution in [3.63, 3.8) is 0 Å². The van der Waals surface area contributed by atoms with Gasteiger partial charge in [-0.25, -0.2) is 19.8 Å². The largest absolute Gasteiger partial charge is 0.341 e. The number of aromatic nitrogens is 2. The van der Waals surface area contributed by atoms with Gasteiger partial charge in [-0.2, -0.15) is 5.10 Å². The average molecular weight is 350 g/mol. The molecule has 0 saturated carbocycles. The molecule has 2 aliphatic heterocycles. The molecule has 2 aliphatic rings. The summed E-state index contributed by atoms with van der Waals surface area (Å²) in [6.45, 7) is 4.12. The van der Waals surface area contributed by atoms with E-state index in [4.69, 9.17) is 0 Å². The van der Waals surface area contributed by atoms with Gasteiger partial charge in [0.2, 0.25) is 5.95 Å². The molecule has 1 fully saturated rings. The summed E-state index contributed by atoms with van der Waals surface area (Å²) in [5, 5.41) is 5.98. The Morgan fingerprint density at radius 3 is 2.58 bits per heavy atom. The van der Waals surface area contributed by atoms with Crippen LogP contribution >= 0.6 is 0 Å². The van der Waals surface area contributed by atoms with E-state index in [1.54, 1.807) is 17.4 Å². The second kappa shape index (κ2) is 7.11. The summed E-state index contributed by atoms with van der Waals surface area (Å²) in [6.07, 6.45) is 6.07. The third kappa shape index (κ3) is 3.12. The van der Waals surface area contributed by atoms with Gasteiger partial charge in [-0.05, 0) is 18.6 Å². The van der Waals surface area contributed by atoms with E-state index in [1.165, 1.54) is 0 Å². The Morgan fingerprint density at radius 2 is 1.85 bits per heavy atom. The van der Waals surface area contributed by atoms with Crippen molar-refractivity contribution in [1.29, 1.82) is 0 Å². The number of carbonyl (C=O) groups is 1. The Hall–Kier alpha value is -2.96. The van der Waals surface area contributed by atoms with Crippen LogP contribution in [-0.4, -0.2) is 57.8 Å². The molecule has 2 aromatic rings. The van der Waals surface area contributed by atoms with Gasteiger partial charge < -0.3 is 9.80 Å². The highest BCUT2D eigenvalue weighted by Gasteiger charge is 2.36. The van der Waals surface area contributed by atoms with Crippen molar-refractivity contribution in [3.8, 4) is 0 Å². The number of benzene rings is 1. The van der Waals surface area contributed by atoms with Gasteiger partial charge in [-0.15, -0.1) is 0 Å². The maximum absolute atomic E-state index is 13.1. The van der Waals surface area contributed by atoms with Gasteiger partial charge in [0.25, 0.3) is 0 Å². The quantitative estimate of drug-likeness (QED) is 0.835. The molecule has 3 heterocycles. The van der Waals surface area contributed by atoms with E-state index in [0.717, 1.165) is 12.0 Å². The zero-order chi connectivity index (χ0) is 17.9. The molecule has 1 saturated heterocycles. The van der Waals surface area contributed by atoms with Crippen LogP contribution in [0, 0.1) is 0 Å². The zero-order valence-electron chi connectivity index (χ0n) is 14.8. The van der Waals surface area contributed by atoms with Gasteiger partial charge in [-0.3, -0.25) is 0 Å². The summed E-state index contributed by atoms with van der Waals surface area (Å²) in [7, 11) is 0. The molecule has 7 heteroatoms. The number of nitrogens with zero attached hydrogens (tertiary/aromatic N) is 6. The van der Waals surface area contributed by atoms with Crippen LogP contribution in [0.5, 0.6) is 0 Å². The Morgan fingerprint density at radius 1 is 1.08 bits per heavy atom. The Bertz CT molecular complexity index is 781. The molecule has 2 atom stereocenters. The number of hydrogen-bond acceptors (Lipinski definition) is 5. The second-order valence-electron chi connectivity index (χ2n) is 6.62. The average Bonchev–Trinajstić information content (AvgIpc) is 3.19. The molecule has 0 bridgehead atoms. The molecule has 1 aromatic heterocycles. The lowest BCUT2D eigenvalue weighted by atomic mass is 10.0. The summed E-state index contributed by atoms with van der Waals surface area (Å²) in [5.74, 6) is 0.716. The molecule has 4 rings (SSSR count). The van der Waals surface area contributed by atoms with Gasteiger partial charge in [0.1, 0.15) is 0 Å². The SMILES string of the molecule is C[C@H]1CN(c2ncccn2)CCN1C(=O)N1N=CC[C@H]1c1ccccc1. The van der Waals surface area contributed by atoms with E-state index in [9.17, 15) is 4.79 Å². The lowest BCUT2D eigenvalue weighted by molar-refractivity contribution is 0.121. The Balaban J connectivity index is 1.46. The number of hydrogen-bond donors (Lipinski definition) is 0. The summed E-state index contributed by atoms with van der Waals surface area (Å²) < 4.78 is 0. The highest BCUT2D eigenvalue weighted by atomic mass is 16.2. The molecule has 2 amide bonds. The fraction of sp³-hybridized carbons (Fsp3) is 0.368. The summed E-state index contributed by atoms with van der Waals surface area (Å²) in [4.78, 5) is 25.8. The van der Waals surface area contributed by atoms with Gasteiger partial charge in [0.15, 0.2) is 0 Å². The van der Waals surface area contributed by atoms with Crippen LogP contribution < -0.4 is 4.90 Å². The standard InChI is InChI=1S/C19H22N6O/c1-15-14-23(18-20-9-5-10-21-18)12-13-24(15)19(26)25-17(8-11-22-25)16-6-3-2-4-7-16/h2-7,9-11,15,17H,8,12-14H2,1H3/t15-,17-/m0/s1. The molecule has 0 N–H and O–H groups in total. The summed E-state index contributed by atoms with van der Waals surface area (Å²) >= 11 is 0. The lowest BCUT2D eigenvalue weighted by Gasteiger charge is -2.41. The number of amides is 2. The molecule has 0 aliphatic carbocycles. The highest BCUT2D eigenvalue weighted by molar-refractivity contribution is 5.79. The first-order valence-electron chi connectivity index (χ1n) is 8.93. The minimum Gasteiger partial charge on any atom is -0.337 e. The first kappa shape index (κ1) is 16.5. The number of urea groups is 1. The molecule has 7 nitrogen and oxygen atoms in total. The lowest BCUT2D eigenvalue weighted by Crippen LogP contribution is -2.57. The zero-order valence-corrected chi connectivity index (χ0v) is 14.8. The topological polar surface area (TPSA) is 64.9 Å². The molecular weight excluding hydrogens is 328 g/mol. The first-order chi connectivity index (χ1) is 12.7. The second-order valence-corrected chi connectivity index (χ2v) is 6.62. The summed E-state index contributed by atoms with van der Waals surface area (Å²) in [5.41, 5.74) is 1.11. The molecule has 0 radical (unpaired) electrons. The molecule has 0 unspecified atom stereocenters. The van der Waals surface area contributed by atoms with Gasteiger partial charge in [-0.1, -0.05) is 30.3 Å². The maximum Gasteiger partial charge on any atom is 0.341 e. The minimum absolute atomic E-state index is 0.0219. The third-order valence-electron chi connectivity index (χ3n) is 4.92. The Kier molecular flexibility index (Phi) is 4.51. The predicted molar refractivity (Wildman–Crippen MR) is 99.9 cm³/mol. The van der Waals surface area contributed by atoms with E-state index in [2.05, 4.69) is 26.9 Å². The monoisotopic (exact) mass is 350 g/mol. The van der Waals surface area contributed by atoms with Crippen molar-refractivity contribution in [3.05, 3.63) is 54.4 Å². The van der Waals surface area contributed by atoms with Crippen LogP contribution in [0.2, 0.25) is 0 Å². The van der Waals surface area contributed by atoms with Gasteiger partial charge >= 0.3 is 6.03 Å². The first-order valence-corrected chi connectivity index (χ1v) is 8.93. The van der Waals surface area contributed by atoms with Gasteiger partial charge in [0.05, 0.1) is 6.04 Å². The predicted octanol–water partition coefficient (Wildman–Crippen LogP) is 2.54. The molecule has 0 spiro atoms. The third-order valence-corrected chi connectivity index (χ3v) is 4.92. The smallest absolute Gasteiger partial charge is 0.337 e. The van der Waals surface area contributed by atoms with Crippen LogP contribution in [0.3, 0.4) is 0 Å². The van der Waals surface area contributed by atoms with Crippen LogP contribution in [-0.2, 0) is 0 Å². The van der Waals surface area contributed by atoms with Crippen LogP contribution in [0.25, 0.3) is 0 Å². The van der Waals surface area contributed by atoms with Crippen LogP contribution in [0.1, 0.15) is 24.9 Å². The normalized spacial score (nSPS) is 22.7. The van der Waals surface area contributed by atoms with Crippen LogP contribution in [0.15, 0.2) is 53.9 Å². The number of piperazine rings is 1. The molecule has 1 aromatic carbocycles. The molecule has 26 heavy (non-hydrogen) atoms. The number of rotatable bonds is 2. The highest BCUT2D eigenvalue weighted by Crippen LogP contribution is 2.30. The number of carbonyl (C=O) groups excluding carboxylic acids is 1. The fourth-order valence-electron chi connectivity index (χ4n) is 3.56. The van der Waals surface area contributed by atoms with Crippen LogP contribution in [0.4, 0.5) is 10.7 Å². The number of anilines is 1. The van der Waals surface area contributed by atoms with E-state index < -0.39 is 0 Å². The van der Waals surface area contributed by atoms with Crippen molar-refractivity contribution in [2.24, 2.45) is 5.10 Å². The van der Waals surface area contributed by atoms with Crippen molar-refractivity contribution in [2.45, 2.75) is 25.4 Å². The van der Waals surface area contributed by atoms with Crippen molar-refractivity contribution < 1.29 is 4.79 Å². The summed E-state index contributed by atoms with van der Waals surface area (Å²) in [6, 6.07) is 11.9. The van der Waals surface area contributed by atoms with Crippen molar-refractivity contribution >= 4 is 18.2 Å². The number of hydrazone groups is 1. The fourth-order valence-corrected chi connectivity index (χ4v) is 3.56. The van der Waals surface area contributed by atoms with E-state index in [-0.39, 0.29) is 18.1 Å². The van der Waals surface area contributed by atoms with Gasteiger partial charge in [0, 0.05) is 50.7 Å². The molecule has 134 valence electrons. The minimum atomic E-state index is -0.0336. The Labute approximate surface area is 153 Å². The maximum atomic E-state index is 13.1. The van der Waals surface area contributed by atoms with E-state index in [1.807, 2.05) is 47.5 Å². The van der Waals surface area contributed by atoms with Crippen molar-refractivity contribution in [1.82, 2.24) is 19.9 Å². The van der Waals surface area contributed by atoms with E-state index >= 15 is 0 Å². The van der Waals surface area contributed by atoms with Crippen molar-refractivity contribution in [2.75, 3.05) is 24.5 Å².